The summed E-state index contributed by atoms with van der Waals surface area (Å²) < 4.78 is 22.8. The van der Waals surface area contributed by atoms with Gasteiger partial charge in [-0.15, -0.1) is 10.1 Å². The van der Waals surface area contributed by atoms with Crippen LogP contribution < -0.4 is 38.9 Å². The van der Waals surface area contributed by atoms with Crippen LogP contribution in [0.4, 0.5) is 15.1 Å². The summed E-state index contributed by atoms with van der Waals surface area (Å²) in [6.07, 6.45) is 4.86. The van der Waals surface area contributed by atoms with Gasteiger partial charge in [0.05, 0.1) is 13.2 Å². The average molecular weight is 652 g/mol. The van der Waals surface area contributed by atoms with E-state index in [2.05, 4.69) is 5.32 Å². The number of aryl methyl sites for hydroxylation is 1. The predicted octanol–water partition coefficient (Wildman–Crippen LogP) is 1.57. The van der Waals surface area contributed by atoms with Crippen molar-refractivity contribution in [2.75, 3.05) is 11.6 Å². The minimum atomic E-state index is -0.768. The highest BCUT2D eigenvalue weighted by atomic mass is 127. The standard InChI is InChI=1S/C27H30FN5O3S.HI/c1-26(2,3)36-24(35)29-15-9-14-27(21-11-6-5-7-12-21)33(25-31(4)16-17-32(25)19-34)30-23(37-27)20-10-8-13-22(28)18-20;/h5-8,10-13,16-19H,9,14-15H2,1-4H3;1H. The number of alkyl carbamates (subject to hydrolysis) is 1. The van der Waals surface area contributed by atoms with Gasteiger partial charge in [0.2, 0.25) is 0 Å². The number of imidazole rings is 1. The van der Waals surface area contributed by atoms with E-state index in [1.54, 1.807) is 18.5 Å². The number of hydrazone groups is 1. The maximum atomic E-state index is 14.1. The first-order valence-electron chi connectivity index (χ1n) is 12.0. The molecule has 0 saturated heterocycles. The van der Waals surface area contributed by atoms with Gasteiger partial charge in [0.1, 0.15) is 22.7 Å². The lowest BCUT2D eigenvalue weighted by Crippen LogP contribution is -3.00. The second-order valence-electron chi connectivity index (χ2n) is 9.73. The quantitative estimate of drug-likeness (QED) is 0.173. The van der Waals surface area contributed by atoms with Crippen molar-refractivity contribution in [1.82, 2.24) is 9.88 Å². The number of aromatic nitrogens is 2. The van der Waals surface area contributed by atoms with E-state index >= 15 is 0 Å². The van der Waals surface area contributed by atoms with Crippen LogP contribution in [0.1, 0.15) is 44.7 Å². The van der Waals surface area contributed by atoms with Crippen LogP contribution >= 0.6 is 11.8 Å². The summed E-state index contributed by atoms with van der Waals surface area (Å²) in [7, 11) is 1.84. The maximum Gasteiger partial charge on any atom is 0.407 e. The van der Waals surface area contributed by atoms with E-state index in [-0.39, 0.29) is 29.8 Å². The first-order valence-corrected chi connectivity index (χ1v) is 12.8. The predicted molar refractivity (Wildman–Crippen MR) is 142 cm³/mol. The van der Waals surface area contributed by atoms with Crippen molar-refractivity contribution in [3.8, 4) is 0 Å². The second-order valence-corrected chi connectivity index (χ2v) is 11.0. The minimum absolute atomic E-state index is 0. The SMILES string of the molecule is C[n+]1ccn(C=O)c1N1N=C(c2cccc(F)c2)SC1(CCCNC(=O)OC(C)(C)C)c1ccccc1.[I-]. The van der Waals surface area contributed by atoms with Gasteiger partial charge in [0.25, 0.3) is 6.41 Å². The molecule has 11 heteroatoms. The van der Waals surface area contributed by atoms with Crippen LogP contribution in [-0.2, 0) is 21.5 Å². The Balaban J connectivity index is 0.00000400. The van der Waals surface area contributed by atoms with Gasteiger partial charge in [-0.05, 0) is 39.3 Å². The van der Waals surface area contributed by atoms with Crippen molar-refractivity contribution in [1.29, 1.82) is 0 Å². The second kappa shape index (κ2) is 12.3. The number of amides is 1. The summed E-state index contributed by atoms with van der Waals surface area (Å²) in [6.45, 7) is 5.83. The third-order valence-electron chi connectivity index (χ3n) is 5.76. The van der Waals surface area contributed by atoms with Crippen molar-refractivity contribution >= 4 is 35.3 Å². The first kappa shape index (κ1) is 29.6. The Kier molecular flexibility index (Phi) is 9.58. The molecular weight excluding hydrogens is 620 g/mol. The minimum Gasteiger partial charge on any atom is -1.00 e. The van der Waals surface area contributed by atoms with E-state index in [1.165, 1.54) is 28.5 Å². The number of carbonyl (C=O) groups is 2. The monoisotopic (exact) mass is 651 g/mol. The topological polar surface area (TPSA) is 79.8 Å². The number of hydrogen-bond donors (Lipinski definition) is 1. The normalized spacial score (nSPS) is 17.0. The number of hydrogen-bond acceptors (Lipinski definition) is 6. The van der Waals surface area contributed by atoms with Crippen LogP contribution in [0.5, 0.6) is 0 Å². The molecule has 1 amide bonds. The molecule has 0 spiro atoms. The molecule has 1 aromatic heterocycles. The Morgan fingerprint density at radius 1 is 1.21 bits per heavy atom. The van der Waals surface area contributed by atoms with E-state index < -0.39 is 16.6 Å². The Morgan fingerprint density at radius 3 is 2.61 bits per heavy atom. The molecule has 0 fully saturated rings. The van der Waals surface area contributed by atoms with Crippen LogP contribution in [0, 0.1) is 5.82 Å². The highest BCUT2D eigenvalue weighted by Gasteiger charge is 2.53. The Hall–Kier alpha value is -2.93. The van der Waals surface area contributed by atoms with Crippen LogP contribution in [0.3, 0.4) is 0 Å². The van der Waals surface area contributed by atoms with Crippen LogP contribution in [0.25, 0.3) is 0 Å². The smallest absolute Gasteiger partial charge is 0.407 e. The van der Waals surface area contributed by atoms with E-state index in [1.807, 2.05) is 73.8 Å². The molecule has 1 N–H and O–H groups in total. The Bertz CT molecular complexity index is 1310. The number of nitrogens with zero attached hydrogens (tertiary/aromatic N) is 4. The molecule has 0 aliphatic carbocycles. The zero-order valence-electron chi connectivity index (χ0n) is 21.7. The van der Waals surface area contributed by atoms with Gasteiger partial charge in [-0.3, -0.25) is 4.79 Å². The summed E-state index contributed by atoms with van der Waals surface area (Å²) in [5, 5.41) is 10.2. The highest BCUT2D eigenvalue weighted by molar-refractivity contribution is 8.15. The van der Waals surface area contributed by atoms with Crippen LogP contribution in [0.2, 0.25) is 0 Å². The molecule has 1 aliphatic rings. The zero-order valence-corrected chi connectivity index (χ0v) is 24.7. The van der Waals surface area contributed by atoms with Gasteiger partial charge in [-0.2, -0.15) is 4.57 Å². The Morgan fingerprint density at radius 2 is 1.95 bits per heavy atom. The number of anilines is 1. The van der Waals surface area contributed by atoms with Crippen LogP contribution in [0.15, 0.2) is 72.1 Å². The third-order valence-corrected chi connectivity index (χ3v) is 7.22. The fraction of sp³-hybridized carbons (Fsp3) is 0.333. The molecule has 4 rings (SSSR count). The Labute approximate surface area is 243 Å². The molecule has 38 heavy (non-hydrogen) atoms. The van der Waals surface area contributed by atoms with Gasteiger partial charge in [0, 0.05) is 24.1 Å². The van der Waals surface area contributed by atoms with Crippen molar-refractivity contribution in [2.24, 2.45) is 12.1 Å². The highest BCUT2D eigenvalue weighted by Crippen LogP contribution is 2.51. The molecule has 0 radical (unpaired) electrons. The zero-order chi connectivity index (χ0) is 26.6. The molecule has 2 heterocycles. The van der Waals surface area contributed by atoms with E-state index in [0.717, 1.165) is 12.0 Å². The first-order chi connectivity index (χ1) is 17.6. The number of thioether (sulfide) groups is 1. The summed E-state index contributed by atoms with van der Waals surface area (Å²) in [5.41, 5.74) is 1.02. The molecule has 8 nitrogen and oxygen atoms in total. The van der Waals surface area contributed by atoms with Crippen molar-refractivity contribution in [3.05, 3.63) is 83.9 Å². The third kappa shape index (κ3) is 6.55. The van der Waals surface area contributed by atoms with Crippen molar-refractivity contribution < 1.29 is 47.3 Å². The number of halogens is 2. The van der Waals surface area contributed by atoms with E-state index in [9.17, 15) is 14.0 Å². The lowest BCUT2D eigenvalue weighted by molar-refractivity contribution is -0.658. The molecule has 1 atom stereocenters. The molecular formula is C27H31FIN5O3S. The van der Waals surface area contributed by atoms with Gasteiger partial charge >= 0.3 is 12.0 Å². The fourth-order valence-electron chi connectivity index (χ4n) is 4.18. The van der Waals surface area contributed by atoms with Gasteiger partial charge in [-0.1, -0.05) is 54.2 Å². The molecule has 202 valence electrons. The number of nitrogens with one attached hydrogen (secondary N) is 1. The maximum absolute atomic E-state index is 14.1. The molecule has 1 aliphatic heterocycles. The van der Waals surface area contributed by atoms with Gasteiger partial charge in [0.15, 0.2) is 4.87 Å². The number of rotatable bonds is 8. The molecule has 0 bridgehead atoms. The lowest BCUT2D eigenvalue weighted by Gasteiger charge is -2.32. The summed E-state index contributed by atoms with van der Waals surface area (Å²) in [6, 6.07) is 16.2. The largest absolute Gasteiger partial charge is 1.00 e. The molecule has 1 unspecified atom stereocenters. The van der Waals surface area contributed by atoms with Gasteiger partial charge < -0.3 is 34.0 Å². The number of benzene rings is 2. The molecule has 2 aromatic carbocycles. The summed E-state index contributed by atoms with van der Waals surface area (Å²) in [5.74, 6) is 0.200. The fourth-order valence-corrected chi connectivity index (χ4v) is 5.58. The van der Waals surface area contributed by atoms with Crippen molar-refractivity contribution in [2.45, 2.75) is 44.1 Å². The van der Waals surface area contributed by atoms with Crippen LogP contribution in [-0.4, -0.2) is 34.3 Å². The molecule has 3 aromatic rings. The summed E-state index contributed by atoms with van der Waals surface area (Å²) in [4.78, 5) is 23.4. The summed E-state index contributed by atoms with van der Waals surface area (Å²) >= 11 is 1.50. The lowest BCUT2D eigenvalue weighted by atomic mass is 10.0. The van der Waals surface area contributed by atoms with Gasteiger partial charge in [-0.25, -0.2) is 13.8 Å². The van der Waals surface area contributed by atoms with Crippen molar-refractivity contribution in [3.63, 3.8) is 0 Å². The molecule has 0 saturated carbocycles. The number of carbonyl (C=O) groups excluding carboxylic acids is 2. The number of ether oxygens (including phenoxy) is 1. The van der Waals surface area contributed by atoms with E-state index in [4.69, 9.17) is 9.84 Å². The van der Waals surface area contributed by atoms with E-state index in [0.29, 0.717) is 35.9 Å². The average Bonchev–Trinajstić information content (AvgIpc) is 3.42.